The smallest absolute Gasteiger partial charge is 0.0594 e. The number of thioether (sulfide) groups is 1. The molecule has 0 saturated heterocycles. The Morgan fingerprint density at radius 3 is 1.07 bits per heavy atom. The van der Waals surface area contributed by atoms with Crippen LogP contribution >= 0.6 is 19.0 Å². The van der Waals surface area contributed by atoms with E-state index in [9.17, 15) is 9.90 Å². The van der Waals surface area contributed by atoms with Crippen LogP contribution in [0.15, 0.2) is 0 Å². The molecule has 0 aromatic rings. The molecule has 0 bridgehead atoms. The van der Waals surface area contributed by atoms with Gasteiger partial charge in [0.05, 0.1) is 30.6 Å². The zero-order valence-corrected chi connectivity index (χ0v) is 31.3. The van der Waals surface area contributed by atoms with Crippen LogP contribution in [0.3, 0.4) is 0 Å². The monoisotopic (exact) mass is 632 g/mol. The Hall–Kier alpha value is 0.210. The summed E-state index contributed by atoms with van der Waals surface area (Å²) in [5.41, 5.74) is 5.13. The van der Waals surface area contributed by atoms with Crippen molar-refractivity contribution < 1.29 is 9.90 Å². The summed E-state index contributed by atoms with van der Waals surface area (Å²) in [7, 11) is -0.697. The first-order chi connectivity index (χ1) is 20.4. The minimum absolute atomic E-state index is 0.490. The Morgan fingerprint density at radius 2 is 0.810 bits per heavy atom. The maximum absolute atomic E-state index is 9.96. The fourth-order valence-corrected chi connectivity index (χ4v) is 11.4. The zero-order chi connectivity index (χ0) is 31.6. The molecule has 0 amide bonds. The van der Waals surface area contributed by atoms with Crippen molar-refractivity contribution in [3.8, 4) is 0 Å². The summed E-state index contributed by atoms with van der Waals surface area (Å²) in [5, 5.41) is 9.96. The minimum atomic E-state index is -1.16. The fourth-order valence-electron chi connectivity index (χ4n) is 5.94. The van der Waals surface area contributed by atoms with Crippen LogP contribution in [0.4, 0.5) is 0 Å². The second-order valence-electron chi connectivity index (χ2n) is 13.0. The molecule has 1 atom stereocenters. The molecule has 1 unspecified atom stereocenters. The Labute approximate surface area is 270 Å². The average Bonchev–Trinajstić information content (AvgIpc) is 2.99. The molecule has 0 rings (SSSR count). The van der Waals surface area contributed by atoms with Gasteiger partial charge in [0, 0.05) is 13.3 Å². The summed E-state index contributed by atoms with van der Waals surface area (Å²) in [4.78, 5) is 9.96. The van der Waals surface area contributed by atoms with Crippen molar-refractivity contribution in [2.75, 3.05) is 36.7 Å². The van der Waals surface area contributed by atoms with E-state index >= 15 is 0 Å². The largest absolute Gasteiger partial charge is 0.548 e. The van der Waals surface area contributed by atoms with E-state index < -0.39 is 19.3 Å². The number of hydrogen-bond donors (Lipinski definition) is 1. The van der Waals surface area contributed by atoms with E-state index in [0.29, 0.717) is 6.42 Å². The highest BCUT2D eigenvalue weighted by molar-refractivity contribution is 7.98. The van der Waals surface area contributed by atoms with E-state index in [0.717, 1.165) is 5.75 Å². The number of carboxylic acids is 1. The van der Waals surface area contributed by atoms with Gasteiger partial charge in [0.25, 0.3) is 0 Å². The Bertz CT molecular complexity index is 503. The number of hydrogen-bond acceptors (Lipinski definition) is 4. The second kappa shape index (κ2) is 35.7. The van der Waals surface area contributed by atoms with E-state index in [-0.39, 0.29) is 0 Å². The maximum Gasteiger partial charge on any atom is 0.0594 e. The van der Waals surface area contributed by atoms with Gasteiger partial charge in [0.15, 0.2) is 0 Å². The molecular formula is C37H78NO2PS. The van der Waals surface area contributed by atoms with Gasteiger partial charge >= 0.3 is 0 Å². The molecule has 0 aliphatic rings. The Balaban J connectivity index is 0. The van der Waals surface area contributed by atoms with E-state index in [2.05, 4.69) is 27.7 Å². The van der Waals surface area contributed by atoms with Crippen LogP contribution in [0.1, 0.15) is 188 Å². The van der Waals surface area contributed by atoms with Crippen LogP contribution in [0.2, 0.25) is 0 Å². The molecule has 2 N–H and O–H groups in total. The number of unbranched alkanes of at least 4 members (excludes halogenated alkanes) is 20. The summed E-state index contributed by atoms with van der Waals surface area (Å²) < 4.78 is 0. The van der Waals surface area contributed by atoms with Gasteiger partial charge in [-0.25, -0.2) is 0 Å². The van der Waals surface area contributed by atoms with Gasteiger partial charge in [-0.1, -0.05) is 130 Å². The van der Waals surface area contributed by atoms with Crippen LogP contribution < -0.4 is 10.8 Å². The maximum atomic E-state index is 9.96. The highest BCUT2D eigenvalue weighted by atomic mass is 32.2. The lowest BCUT2D eigenvalue weighted by Crippen LogP contribution is -2.42. The lowest BCUT2D eigenvalue weighted by atomic mass is 10.1. The number of carboxylic acid groups (broad SMARTS) is 1. The number of rotatable bonds is 32. The standard InChI is InChI=1S/C32H68P.C5H11NO2S/c1-5-9-13-17-18-19-20-21-22-23-24-28-32-33(29-25-14-10-6-2,30-26-15-11-7-3)31-27-16-12-8-4;1-9-3-2-4(6)5(7)8/h5-32H2,1-4H3;4H,2-3,6H2,1H3,(H,7,8)/q+1;/p-1. The van der Waals surface area contributed by atoms with Crippen LogP contribution in [0.5, 0.6) is 0 Å². The van der Waals surface area contributed by atoms with Crippen LogP contribution in [-0.2, 0) is 4.79 Å². The highest BCUT2D eigenvalue weighted by Crippen LogP contribution is 2.61. The SMILES string of the molecule is CCCCCCCCCCCCCC[P+](CCCCCC)(CCCCCC)CCCCCC.CSCCC(N)C(=O)[O-]. The summed E-state index contributed by atoms with van der Waals surface area (Å²) >= 11 is 1.58. The molecule has 0 radical (unpaired) electrons. The highest BCUT2D eigenvalue weighted by Gasteiger charge is 2.34. The molecule has 3 nitrogen and oxygen atoms in total. The van der Waals surface area contributed by atoms with Gasteiger partial charge in [-0.3, -0.25) is 0 Å². The first kappa shape index (κ1) is 44.3. The van der Waals surface area contributed by atoms with E-state index in [1.54, 1.807) is 62.1 Å². The first-order valence-electron chi connectivity index (χ1n) is 18.7. The lowest BCUT2D eigenvalue weighted by Gasteiger charge is -2.28. The fraction of sp³-hybridized carbons (Fsp3) is 0.973. The van der Waals surface area contributed by atoms with Crippen molar-refractivity contribution in [2.24, 2.45) is 5.73 Å². The van der Waals surface area contributed by atoms with E-state index in [4.69, 9.17) is 5.73 Å². The third-order valence-corrected chi connectivity index (χ3v) is 14.6. The molecule has 0 aromatic heterocycles. The van der Waals surface area contributed by atoms with Gasteiger partial charge in [0.1, 0.15) is 0 Å². The van der Waals surface area contributed by atoms with Crippen LogP contribution in [0, 0.1) is 0 Å². The topological polar surface area (TPSA) is 66.2 Å². The number of carbonyl (C=O) groups excluding carboxylic acids is 1. The molecule has 0 spiro atoms. The minimum Gasteiger partial charge on any atom is -0.548 e. The van der Waals surface area contributed by atoms with E-state index in [1.807, 2.05) is 6.26 Å². The van der Waals surface area contributed by atoms with Crippen molar-refractivity contribution in [3.63, 3.8) is 0 Å². The number of nitrogens with two attached hydrogens (primary N) is 1. The molecule has 0 aliphatic carbocycles. The molecule has 254 valence electrons. The normalized spacial score (nSPS) is 12.2. The van der Waals surface area contributed by atoms with Crippen LogP contribution in [-0.4, -0.2) is 48.7 Å². The Morgan fingerprint density at radius 1 is 0.548 bits per heavy atom. The van der Waals surface area contributed by atoms with Gasteiger partial charge < -0.3 is 15.6 Å². The van der Waals surface area contributed by atoms with Gasteiger partial charge in [-0.15, -0.1) is 0 Å². The van der Waals surface area contributed by atoms with Crippen molar-refractivity contribution >= 4 is 25.0 Å². The molecule has 0 aromatic carbocycles. The zero-order valence-electron chi connectivity index (χ0n) is 29.5. The van der Waals surface area contributed by atoms with Crippen molar-refractivity contribution in [3.05, 3.63) is 0 Å². The molecule has 5 heteroatoms. The Kier molecular flexibility index (Phi) is 37.7. The van der Waals surface area contributed by atoms with Crippen molar-refractivity contribution in [1.82, 2.24) is 0 Å². The molecule has 0 aliphatic heterocycles. The second-order valence-corrected chi connectivity index (χ2v) is 18.5. The molecule has 0 fully saturated rings. The first-order valence-corrected chi connectivity index (χ1v) is 22.7. The predicted octanol–water partition coefficient (Wildman–Crippen LogP) is 11.3. The van der Waals surface area contributed by atoms with Crippen molar-refractivity contribution in [1.29, 1.82) is 0 Å². The molecular weight excluding hydrogens is 553 g/mol. The summed E-state index contributed by atoms with van der Waals surface area (Å²) in [6, 6.07) is -0.794. The van der Waals surface area contributed by atoms with Crippen LogP contribution in [0.25, 0.3) is 0 Å². The average molecular weight is 632 g/mol. The predicted molar refractivity (Wildman–Crippen MR) is 196 cm³/mol. The lowest BCUT2D eigenvalue weighted by molar-refractivity contribution is -0.307. The third-order valence-electron chi connectivity index (χ3n) is 8.88. The van der Waals surface area contributed by atoms with E-state index in [1.165, 1.54) is 128 Å². The van der Waals surface area contributed by atoms with Gasteiger partial charge in [-0.2, -0.15) is 11.8 Å². The summed E-state index contributed by atoms with van der Waals surface area (Å²) in [6.45, 7) is 9.41. The molecule has 0 heterocycles. The third kappa shape index (κ3) is 31.6. The van der Waals surface area contributed by atoms with Crippen molar-refractivity contribution in [2.45, 2.75) is 194 Å². The quantitative estimate of drug-likeness (QED) is 0.0592. The number of carbonyl (C=O) groups is 1. The molecule has 42 heavy (non-hydrogen) atoms. The summed E-state index contributed by atoms with van der Waals surface area (Å²) in [5.74, 6) is -0.390. The van der Waals surface area contributed by atoms with Gasteiger partial charge in [-0.05, 0) is 69.8 Å². The summed E-state index contributed by atoms with van der Waals surface area (Å²) in [6.07, 6.45) is 44.5. The molecule has 0 saturated carbocycles. The van der Waals surface area contributed by atoms with Gasteiger partial charge in [0.2, 0.25) is 0 Å². The number of aliphatic carboxylic acids is 1.